The number of carbonyl (C=O) groups excluding carboxylic acids is 1. The summed E-state index contributed by atoms with van der Waals surface area (Å²) >= 11 is 0. The van der Waals surface area contributed by atoms with Crippen molar-refractivity contribution < 1.29 is 47.3 Å². The van der Waals surface area contributed by atoms with Crippen molar-refractivity contribution in [2.24, 2.45) is 4.99 Å². The summed E-state index contributed by atoms with van der Waals surface area (Å²) in [6, 6.07) is -1.28. The average molecular weight is 404 g/mol. The van der Waals surface area contributed by atoms with Crippen LogP contribution < -0.4 is 5.11 Å². The van der Waals surface area contributed by atoms with Crippen LogP contribution in [0.5, 0.6) is 0 Å². The molecule has 0 aromatic rings. The van der Waals surface area contributed by atoms with E-state index in [2.05, 4.69) is 16.7 Å². The van der Waals surface area contributed by atoms with Crippen LogP contribution in [-0.2, 0) is 29.0 Å². The van der Waals surface area contributed by atoms with Gasteiger partial charge in [-0.1, -0.05) is 0 Å². The molecule has 0 fully saturated rings. The average Bonchev–Trinajstić information content (AvgIpc) is 2.02. The minimum atomic E-state index is -5.02. The Kier molecular flexibility index (Phi) is 12.2. The predicted molar refractivity (Wildman–Crippen MR) is 54.7 cm³/mol. The summed E-state index contributed by atoms with van der Waals surface area (Å²) in [5, 5.41) is 10.3. The van der Waals surface area contributed by atoms with Gasteiger partial charge in [-0.2, -0.15) is 13.2 Å². The molecule has 0 amide bonds. The van der Waals surface area contributed by atoms with Crippen molar-refractivity contribution in [3.05, 3.63) is 6.92 Å². The second kappa shape index (κ2) is 9.15. The number of rotatable bonds is 3. The summed E-state index contributed by atoms with van der Waals surface area (Å²) in [6.07, 6.45) is -5.48. The molecule has 0 saturated carbocycles. The number of ether oxygens (including phenoxy) is 1. The molecule has 0 aliphatic rings. The number of carbonyl (C=O) groups is 1. The molecule has 1 radical (unpaired) electrons. The minimum Gasteiger partial charge on any atom is -0.856 e. The molecular weight excluding hydrogens is 395 g/mol. The first-order valence-corrected chi connectivity index (χ1v) is 3.49. The number of alkyl halides is 3. The van der Waals surface area contributed by atoms with Crippen LogP contribution in [0.25, 0.3) is 0 Å². The van der Waals surface area contributed by atoms with Crippen molar-refractivity contribution >= 4 is 35.8 Å². The molecule has 1 atom stereocenters. The van der Waals surface area contributed by atoms with Crippen molar-refractivity contribution in [1.29, 1.82) is 0 Å². The third kappa shape index (κ3) is 9.32. The Morgan fingerprint density at radius 1 is 1.56 bits per heavy atom. The van der Waals surface area contributed by atoms with Gasteiger partial charge in [0.1, 0.15) is 0 Å². The molecule has 4 nitrogen and oxygen atoms in total. The number of hydrogen-bond acceptors (Lipinski definition) is 4. The molecule has 0 bridgehead atoms. The molecule has 0 saturated heterocycles. The Labute approximate surface area is 120 Å². The summed E-state index contributed by atoms with van der Waals surface area (Å²) in [6.45, 7) is 3.09. The fraction of sp³-hybridized carbons (Fsp3) is 0.571. The molecule has 0 aromatic carbocycles. The molecular formula is C7H9F3INO3Zn-. The van der Waals surface area contributed by atoms with Crippen molar-refractivity contribution in [2.45, 2.75) is 18.6 Å². The van der Waals surface area contributed by atoms with Gasteiger partial charge in [0.05, 0.1) is 25.5 Å². The monoisotopic (exact) mass is 403 g/mol. The number of aliphatic imine (C=N–C) groups is 1. The molecule has 0 spiro atoms. The van der Waals surface area contributed by atoms with E-state index in [1.165, 1.54) is 0 Å². The van der Waals surface area contributed by atoms with E-state index in [-0.39, 0.29) is 43.5 Å². The van der Waals surface area contributed by atoms with Gasteiger partial charge in [0.15, 0.2) is 0 Å². The van der Waals surface area contributed by atoms with E-state index in [1.54, 1.807) is 0 Å². The van der Waals surface area contributed by atoms with Crippen molar-refractivity contribution in [3.8, 4) is 0 Å². The van der Waals surface area contributed by atoms with Gasteiger partial charge < -0.3 is 9.84 Å². The first-order valence-electron chi connectivity index (χ1n) is 3.49. The fourth-order valence-corrected chi connectivity index (χ4v) is 0.560. The molecule has 0 unspecified atom stereocenters. The van der Waals surface area contributed by atoms with Crippen LogP contribution in [0, 0.1) is 6.92 Å². The first-order chi connectivity index (χ1) is 6.27. The van der Waals surface area contributed by atoms with Gasteiger partial charge in [-0.15, -0.1) is 24.0 Å². The fourth-order valence-electron chi connectivity index (χ4n) is 0.560. The van der Waals surface area contributed by atoms with Crippen molar-refractivity contribution in [3.63, 3.8) is 0 Å². The Morgan fingerprint density at radius 3 is 2.31 bits per heavy atom. The van der Waals surface area contributed by atoms with Crippen LogP contribution in [0.1, 0.15) is 6.42 Å². The van der Waals surface area contributed by atoms with Gasteiger partial charge in [0.2, 0.25) is 0 Å². The van der Waals surface area contributed by atoms with Gasteiger partial charge in [0, 0.05) is 19.5 Å². The van der Waals surface area contributed by atoms with Crippen LogP contribution in [-0.4, -0.2) is 31.2 Å². The zero-order valence-electron chi connectivity index (χ0n) is 8.41. The zero-order chi connectivity index (χ0) is 11.4. The van der Waals surface area contributed by atoms with Gasteiger partial charge in [0.25, 0.3) is 0 Å². The molecule has 0 aliphatic carbocycles. The van der Waals surface area contributed by atoms with E-state index < -0.39 is 30.5 Å². The summed E-state index contributed by atoms with van der Waals surface area (Å²) in [7, 11) is 1.07. The number of halogens is 4. The molecule has 0 N–H and O–H groups in total. The maximum Gasteiger partial charge on any atom is 0.419 e. The Morgan fingerprint density at radius 2 is 2.00 bits per heavy atom. The normalized spacial score (nSPS) is 13.2. The second-order valence-electron chi connectivity index (χ2n) is 2.37. The Bertz CT molecular complexity index is 248. The van der Waals surface area contributed by atoms with Gasteiger partial charge in [-0.3, -0.25) is 9.79 Å². The molecule has 9 heteroatoms. The number of nitrogens with zero attached hydrogens (tertiary/aromatic N) is 1. The van der Waals surface area contributed by atoms with Crippen LogP contribution in [0.15, 0.2) is 4.99 Å². The molecule has 0 aliphatic heterocycles. The third-order valence-corrected chi connectivity index (χ3v) is 1.17. The topological polar surface area (TPSA) is 61.7 Å². The molecule has 0 aromatic heterocycles. The van der Waals surface area contributed by atoms with Crippen molar-refractivity contribution in [1.82, 2.24) is 0 Å². The molecule has 91 valence electrons. The standard InChI is InChI=1S/C7H9F3NO3.HI.Zn/c1-4(3-5(12)14-2)11-6(13)7(8,9)10;;/h4H,1,3H2,2H3,(H,11,13);1H;/p-1/t4-;;/m1../s1. The smallest absolute Gasteiger partial charge is 0.419 e. The maximum atomic E-state index is 11.6. The molecule has 16 heavy (non-hydrogen) atoms. The van der Waals surface area contributed by atoms with Crippen LogP contribution in [0.2, 0.25) is 0 Å². The maximum absolute atomic E-state index is 11.6. The summed E-state index contributed by atoms with van der Waals surface area (Å²) in [4.78, 5) is 13.2. The third-order valence-electron chi connectivity index (χ3n) is 1.17. The largest absolute Gasteiger partial charge is 0.856 e. The van der Waals surface area contributed by atoms with Crippen LogP contribution in [0.3, 0.4) is 0 Å². The van der Waals surface area contributed by atoms with Crippen LogP contribution >= 0.6 is 24.0 Å². The Hall–Kier alpha value is 0.0834. The molecule has 0 heterocycles. The minimum absolute atomic E-state index is 0. The van der Waals surface area contributed by atoms with E-state index in [0.717, 1.165) is 7.11 Å². The van der Waals surface area contributed by atoms with E-state index in [0.29, 0.717) is 0 Å². The number of hydrogen-bond donors (Lipinski definition) is 0. The summed E-state index contributed by atoms with van der Waals surface area (Å²) in [5.74, 6) is -3.02. The van der Waals surface area contributed by atoms with E-state index in [1.807, 2.05) is 0 Å². The van der Waals surface area contributed by atoms with Gasteiger partial charge in [-0.05, 0) is 6.92 Å². The van der Waals surface area contributed by atoms with E-state index in [4.69, 9.17) is 0 Å². The van der Waals surface area contributed by atoms with Crippen LogP contribution in [0.4, 0.5) is 13.2 Å². The van der Waals surface area contributed by atoms with E-state index in [9.17, 15) is 23.1 Å². The summed E-state index contributed by atoms with van der Waals surface area (Å²) < 4.78 is 39.1. The SMILES string of the molecule is I.[CH2][C@H](CC(=O)OC)N=C([O-])C(F)(F)F.[Zn]. The van der Waals surface area contributed by atoms with Gasteiger partial charge >= 0.3 is 12.1 Å². The van der Waals surface area contributed by atoms with E-state index >= 15 is 0 Å². The van der Waals surface area contributed by atoms with Gasteiger partial charge in [-0.25, -0.2) is 0 Å². The van der Waals surface area contributed by atoms with Crippen molar-refractivity contribution in [2.75, 3.05) is 7.11 Å². The quantitative estimate of drug-likeness (QED) is 0.229. The zero-order valence-corrected chi connectivity index (χ0v) is 13.7. The predicted octanol–water partition coefficient (Wildman–Crippen LogP) is 0.689. The number of esters is 1. The molecule has 0 rings (SSSR count). The second-order valence-corrected chi connectivity index (χ2v) is 2.37. The number of methoxy groups -OCH3 is 1. The summed E-state index contributed by atoms with van der Waals surface area (Å²) in [5.41, 5.74) is 0. The first kappa shape index (κ1) is 21.4. The Balaban J connectivity index is -0.000000845.